The van der Waals surface area contributed by atoms with Crippen LogP contribution in [0.2, 0.25) is 0 Å². The van der Waals surface area contributed by atoms with Crippen molar-refractivity contribution in [1.82, 2.24) is 0 Å². The number of thioether (sulfide) groups is 1. The van der Waals surface area contributed by atoms with Crippen molar-refractivity contribution in [3.8, 4) is 5.75 Å². The topological polar surface area (TPSA) is 38.3 Å². The van der Waals surface area contributed by atoms with Crippen LogP contribution < -0.4 is 10.1 Å². The minimum absolute atomic E-state index is 0.0369. The molecule has 2 aromatic carbocycles. The Balaban J connectivity index is 1.72. The summed E-state index contributed by atoms with van der Waals surface area (Å²) in [7, 11) is 1.66. The lowest BCUT2D eigenvalue weighted by molar-refractivity contribution is -0.113. The molecule has 0 saturated carbocycles. The summed E-state index contributed by atoms with van der Waals surface area (Å²) in [6.07, 6.45) is 3.50. The number of carbonyl (C=O) groups is 1. The van der Waals surface area contributed by atoms with Crippen molar-refractivity contribution in [2.75, 3.05) is 18.2 Å². The molecule has 24 heavy (non-hydrogen) atoms. The Morgan fingerprint density at radius 2 is 1.71 bits per heavy atom. The fourth-order valence-electron chi connectivity index (χ4n) is 2.32. The van der Waals surface area contributed by atoms with Crippen molar-refractivity contribution in [3.05, 3.63) is 59.7 Å². The number of methoxy groups -OCH3 is 1. The molecule has 128 valence electrons. The summed E-state index contributed by atoms with van der Waals surface area (Å²) in [5.41, 5.74) is 3.38. The molecule has 0 aliphatic rings. The maximum Gasteiger partial charge on any atom is 0.234 e. The summed E-state index contributed by atoms with van der Waals surface area (Å²) >= 11 is 1.61. The number of nitrogens with one attached hydrogen (secondary N) is 1. The minimum atomic E-state index is 0.0369. The van der Waals surface area contributed by atoms with E-state index in [1.54, 1.807) is 18.9 Å². The van der Waals surface area contributed by atoms with Gasteiger partial charge < -0.3 is 10.1 Å². The first-order chi connectivity index (χ1) is 11.7. The van der Waals surface area contributed by atoms with Crippen LogP contribution in [0.4, 0.5) is 5.69 Å². The lowest BCUT2D eigenvalue weighted by Crippen LogP contribution is -2.14. The predicted octanol–water partition coefficient (Wildman–Crippen LogP) is 4.91. The Hall–Kier alpha value is -1.94. The van der Waals surface area contributed by atoms with Gasteiger partial charge in [0.15, 0.2) is 0 Å². The molecular weight excluding hydrogens is 318 g/mol. The molecule has 0 aromatic heterocycles. The molecule has 0 heterocycles. The number of benzene rings is 2. The zero-order valence-electron chi connectivity index (χ0n) is 14.4. The molecule has 1 amide bonds. The van der Waals surface area contributed by atoms with E-state index in [-0.39, 0.29) is 5.91 Å². The number of ether oxygens (including phenoxy) is 1. The van der Waals surface area contributed by atoms with Crippen LogP contribution in [0.1, 0.15) is 30.9 Å². The van der Waals surface area contributed by atoms with Gasteiger partial charge in [0, 0.05) is 11.4 Å². The van der Waals surface area contributed by atoms with Gasteiger partial charge in [-0.3, -0.25) is 4.79 Å². The highest BCUT2D eigenvalue weighted by Crippen LogP contribution is 2.17. The average Bonchev–Trinajstić information content (AvgIpc) is 2.62. The van der Waals surface area contributed by atoms with E-state index in [4.69, 9.17) is 4.74 Å². The Labute approximate surface area is 148 Å². The highest BCUT2D eigenvalue weighted by molar-refractivity contribution is 7.99. The fourth-order valence-corrected chi connectivity index (χ4v) is 3.10. The number of amides is 1. The maximum absolute atomic E-state index is 12.0. The van der Waals surface area contributed by atoms with Gasteiger partial charge in [-0.25, -0.2) is 0 Å². The summed E-state index contributed by atoms with van der Waals surface area (Å²) in [6, 6.07) is 16.1. The predicted molar refractivity (Wildman–Crippen MR) is 103 cm³/mol. The van der Waals surface area contributed by atoms with E-state index in [9.17, 15) is 4.79 Å². The van der Waals surface area contributed by atoms with Gasteiger partial charge in [0.1, 0.15) is 5.75 Å². The number of unbranched alkanes of at least 4 members (excludes halogenated alkanes) is 1. The molecular formula is C20H25NO2S. The number of aryl methyl sites for hydroxylation is 1. The maximum atomic E-state index is 12.0. The first kappa shape index (κ1) is 18.4. The van der Waals surface area contributed by atoms with Crippen molar-refractivity contribution in [3.63, 3.8) is 0 Å². The molecule has 0 spiro atoms. The zero-order valence-corrected chi connectivity index (χ0v) is 15.2. The van der Waals surface area contributed by atoms with Gasteiger partial charge in [0.05, 0.1) is 12.9 Å². The molecule has 0 aliphatic carbocycles. The molecule has 2 aromatic rings. The molecule has 0 bridgehead atoms. The van der Waals surface area contributed by atoms with Crippen molar-refractivity contribution >= 4 is 23.4 Å². The van der Waals surface area contributed by atoms with Gasteiger partial charge >= 0.3 is 0 Å². The van der Waals surface area contributed by atoms with Crippen LogP contribution in [0.15, 0.2) is 48.5 Å². The molecule has 0 radical (unpaired) electrons. The van der Waals surface area contributed by atoms with E-state index in [1.165, 1.54) is 24.0 Å². The lowest BCUT2D eigenvalue weighted by atomic mass is 10.1. The van der Waals surface area contributed by atoms with E-state index >= 15 is 0 Å². The summed E-state index contributed by atoms with van der Waals surface area (Å²) in [6.45, 7) is 2.19. The fraction of sp³-hybridized carbons (Fsp3) is 0.350. The first-order valence-electron chi connectivity index (χ1n) is 8.30. The van der Waals surface area contributed by atoms with Crippen LogP contribution in [0.3, 0.4) is 0 Å². The van der Waals surface area contributed by atoms with Gasteiger partial charge in [-0.15, -0.1) is 11.8 Å². The third-order valence-electron chi connectivity index (χ3n) is 3.72. The van der Waals surface area contributed by atoms with Gasteiger partial charge in [0.25, 0.3) is 0 Å². The normalized spacial score (nSPS) is 10.4. The lowest BCUT2D eigenvalue weighted by Gasteiger charge is -2.07. The van der Waals surface area contributed by atoms with E-state index in [2.05, 4.69) is 24.4 Å². The number of hydrogen-bond acceptors (Lipinski definition) is 3. The van der Waals surface area contributed by atoms with Crippen molar-refractivity contribution in [2.24, 2.45) is 0 Å². The zero-order chi connectivity index (χ0) is 17.2. The summed E-state index contributed by atoms with van der Waals surface area (Å²) in [5, 5.41) is 2.95. The Kier molecular flexibility index (Phi) is 7.69. The number of rotatable bonds is 9. The molecule has 4 heteroatoms. The Morgan fingerprint density at radius 3 is 2.33 bits per heavy atom. The quantitative estimate of drug-likeness (QED) is 0.703. The summed E-state index contributed by atoms with van der Waals surface area (Å²) < 4.78 is 5.14. The van der Waals surface area contributed by atoms with Gasteiger partial charge in [0.2, 0.25) is 5.91 Å². The SMILES string of the molecule is CCCCc1ccc(NC(=O)CSCc2ccc(OC)cc2)cc1. The second-order valence-electron chi connectivity index (χ2n) is 5.69. The molecule has 1 N–H and O–H groups in total. The Bertz CT molecular complexity index is 623. The average molecular weight is 343 g/mol. The second kappa shape index (κ2) is 10.0. The van der Waals surface area contributed by atoms with Crippen molar-refractivity contribution < 1.29 is 9.53 Å². The van der Waals surface area contributed by atoms with Crippen molar-refractivity contribution in [1.29, 1.82) is 0 Å². The van der Waals surface area contributed by atoms with Crippen LogP contribution in [0, 0.1) is 0 Å². The van der Waals surface area contributed by atoms with Crippen LogP contribution >= 0.6 is 11.8 Å². The van der Waals surface area contributed by atoms with Gasteiger partial charge in [-0.2, -0.15) is 0 Å². The van der Waals surface area contributed by atoms with E-state index < -0.39 is 0 Å². The van der Waals surface area contributed by atoms with Gasteiger partial charge in [-0.05, 0) is 48.2 Å². The Morgan fingerprint density at radius 1 is 1.04 bits per heavy atom. The molecule has 0 atom stereocenters. The molecule has 0 saturated heterocycles. The molecule has 3 nitrogen and oxygen atoms in total. The number of anilines is 1. The third-order valence-corrected chi connectivity index (χ3v) is 4.72. The highest BCUT2D eigenvalue weighted by atomic mass is 32.2. The number of hydrogen-bond donors (Lipinski definition) is 1. The molecule has 0 fully saturated rings. The van der Waals surface area contributed by atoms with Crippen LogP contribution in [0.5, 0.6) is 5.75 Å². The highest BCUT2D eigenvalue weighted by Gasteiger charge is 2.04. The number of carbonyl (C=O) groups excluding carboxylic acids is 1. The van der Waals surface area contributed by atoms with Crippen LogP contribution in [0.25, 0.3) is 0 Å². The minimum Gasteiger partial charge on any atom is -0.497 e. The van der Waals surface area contributed by atoms with E-state index in [0.29, 0.717) is 5.75 Å². The molecule has 0 unspecified atom stereocenters. The smallest absolute Gasteiger partial charge is 0.234 e. The van der Waals surface area contributed by atoms with Gasteiger partial charge in [-0.1, -0.05) is 37.6 Å². The summed E-state index contributed by atoms with van der Waals surface area (Å²) in [4.78, 5) is 12.0. The van der Waals surface area contributed by atoms with Crippen LogP contribution in [-0.2, 0) is 17.0 Å². The van der Waals surface area contributed by atoms with Crippen molar-refractivity contribution in [2.45, 2.75) is 31.9 Å². The third kappa shape index (κ3) is 6.28. The van der Waals surface area contributed by atoms with E-state index in [0.717, 1.165) is 23.6 Å². The standard InChI is InChI=1S/C20H25NO2S/c1-3-4-5-16-6-10-18(11-7-16)21-20(22)15-24-14-17-8-12-19(23-2)13-9-17/h6-13H,3-5,14-15H2,1-2H3,(H,21,22). The molecule has 0 aliphatic heterocycles. The van der Waals surface area contributed by atoms with Crippen LogP contribution in [-0.4, -0.2) is 18.8 Å². The second-order valence-corrected chi connectivity index (χ2v) is 6.68. The summed E-state index contributed by atoms with van der Waals surface area (Å²) in [5.74, 6) is 2.15. The largest absolute Gasteiger partial charge is 0.497 e. The first-order valence-corrected chi connectivity index (χ1v) is 9.46. The van der Waals surface area contributed by atoms with E-state index in [1.807, 2.05) is 36.4 Å². The molecule has 2 rings (SSSR count). The monoisotopic (exact) mass is 343 g/mol.